The van der Waals surface area contributed by atoms with E-state index in [0.717, 1.165) is 64.2 Å². The molecule has 146 valence electrons. The Bertz CT molecular complexity index is 430. The minimum Gasteiger partial charge on any atom is -0.354 e. The van der Waals surface area contributed by atoms with Crippen LogP contribution in [0.3, 0.4) is 0 Å². The van der Waals surface area contributed by atoms with Gasteiger partial charge in [-0.1, -0.05) is 45.4 Å². The number of carbonyl (C=O) groups excluding carboxylic acids is 2. The highest BCUT2D eigenvalue weighted by molar-refractivity contribution is 5.91. The average Bonchev–Trinajstić information content (AvgIpc) is 2.61. The van der Waals surface area contributed by atoms with Gasteiger partial charge < -0.3 is 16.4 Å². The van der Waals surface area contributed by atoms with Crippen LogP contribution in [0.4, 0.5) is 0 Å². The number of nitrogens with one attached hydrogen (secondary N) is 2. The minimum absolute atomic E-state index is 0. The Morgan fingerprint density at radius 2 is 1.52 bits per heavy atom. The van der Waals surface area contributed by atoms with Crippen LogP contribution in [0.25, 0.3) is 0 Å². The van der Waals surface area contributed by atoms with E-state index in [2.05, 4.69) is 10.6 Å². The van der Waals surface area contributed by atoms with Crippen molar-refractivity contribution >= 4 is 24.2 Å². The Balaban J connectivity index is 0.00000312. The van der Waals surface area contributed by atoms with Gasteiger partial charge in [0.15, 0.2) is 0 Å². The summed E-state index contributed by atoms with van der Waals surface area (Å²) in [6.07, 6.45) is 11.7. The Morgan fingerprint density at radius 1 is 0.960 bits per heavy atom. The molecule has 2 fully saturated rings. The molecule has 0 bridgehead atoms. The molecule has 4 N–H and O–H groups in total. The van der Waals surface area contributed by atoms with Crippen molar-refractivity contribution < 1.29 is 9.59 Å². The second-order valence-corrected chi connectivity index (χ2v) is 7.89. The van der Waals surface area contributed by atoms with Crippen molar-refractivity contribution in [3.8, 4) is 0 Å². The van der Waals surface area contributed by atoms with Gasteiger partial charge in [-0.25, -0.2) is 0 Å². The first-order valence-electron chi connectivity index (χ1n) is 9.85. The molecule has 25 heavy (non-hydrogen) atoms. The van der Waals surface area contributed by atoms with E-state index in [1.807, 2.05) is 6.92 Å². The summed E-state index contributed by atoms with van der Waals surface area (Å²) in [5.74, 6) is 0.0127. The van der Waals surface area contributed by atoms with Crippen molar-refractivity contribution in [1.29, 1.82) is 0 Å². The molecule has 2 aliphatic rings. The Hall–Kier alpha value is -0.810. The predicted octanol–water partition coefficient (Wildman–Crippen LogP) is 3.05. The lowest BCUT2D eigenvalue weighted by molar-refractivity contribution is -0.136. The average molecular weight is 374 g/mol. The molecular formula is C19H36ClN3O2. The molecule has 2 saturated carbocycles. The van der Waals surface area contributed by atoms with E-state index < -0.39 is 5.54 Å². The lowest BCUT2D eigenvalue weighted by atomic mass is 9.71. The molecule has 0 aliphatic heterocycles. The predicted molar refractivity (Wildman–Crippen MR) is 104 cm³/mol. The standard InChI is InChI=1S/C19H35N3O2.ClH/c1-2-13-21-17(24)19(11-7-4-8-12-19)22-16(23)14-18(15-20)9-5-3-6-10-18;/h2-15,20H2,1H3,(H,21,24)(H,22,23);1H. The van der Waals surface area contributed by atoms with E-state index in [1.54, 1.807) is 0 Å². The van der Waals surface area contributed by atoms with Gasteiger partial charge in [0.1, 0.15) is 5.54 Å². The van der Waals surface area contributed by atoms with Gasteiger partial charge in [0.25, 0.3) is 0 Å². The van der Waals surface area contributed by atoms with E-state index >= 15 is 0 Å². The first-order chi connectivity index (χ1) is 11.6. The van der Waals surface area contributed by atoms with Crippen LogP contribution in [0, 0.1) is 5.41 Å². The quantitative estimate of drug-likeness (QED) is 0.641. The normalized spacial score (nSPS) is 21.7. The zero-order chi connectivity index (χ0) is 17.5. The fraction of sp³-hybridized carbons (Fsp3) is 0.895. The summed E-state index contributed by atoms with van der Waals surface area (Å²) in [4.78, 5) is 25.5. The maximum Gasteiger partial charge on any atom is 0.245 e. The van der Waals surface area contributed by atoms with Crippen molar-refractivity contribution in [2.24, 2.45) is 11.1 Å². The van der Waals surface area contributed by atoms with Crippen LogP contribution < -0.4 is 16.4 Å². The molecule has 0 radical (unpaired) electrons. The molecule has 6 heteroatoms. The first-order valence-corrected chi connectivity index (χ1v) is 9.85. The molecule has 0 aromatic carbocycles. The molecule has 5 nitrogen and oxygen atoms in total. The molecule has 2 rings (SSSR count). The number of hydrogen-bond acceptors (Lipinski definition) is 3. The van der Waals surface area contributed by atoms with Crippen LogP contribution in [-0.4, -0.2) is 30.4 Å². The van der Waals surface area contributed by atoms with E-state index in [9.17, 15) is 9.59 Å². The number of amides is 2. The van der Waals surface area contributed by atoms with E-state index in [0.29, 0.717) is 19.5 Å². The van der Waals surface area contributed by atoms with Crippen molar-refractivity contribution in [3.63, 3.8) is 0 Å². The van der Waals surface area contributed by atoms with Crippen LogP contribution in [0.5, 0.6) is 0 Å². The number of hydrogen-bond donors (Lipinski definition) is 3. The van der Waals surface area contributed by atoms with Gasteiger partial charge in [0, 0.05) is 13.0 Å². The molecule has 0 heterocycles. The van der Waals surface area contributed by atoms with Crippen molar-refractivity contribution in [3.05, 3.63) is 0 Å². The summed E-state index contributed by atoms with van der Waals surface area (Å²) in [6.45, 7) is 3.28. The Kier molecular flexibility index (Phi) is 9.22. The van der Waals surface area contributed by atoms with Gasteiger partial charge in [-0.2, -0.15) is 0 Å². The molecule has 0 saturated heterocycles. The van der Waals surface area contributed by atoms with E-state index in [-0.39, 0.29) is 29.6 Å². The fourth-order valence-electron chi connectivity index (χ4n) is 4.38. The zero-order valence-electron chi connectivity index (χ0n) is 15.7. The van der Waals surface area contributed by atoms with Crippen LogP contribution in [0.2, 0.25) is 0 Å². The van der Waals surface area contributed by atoms with Crippen molar-refractivity contribution in [2.45, 2.75) is 89.5 Å². The van der Waals surface area contributed by atoms with Gasteiger partial charge in [-0.05, 0) is 44.1 Å². The molecule has 0 unspecified atom stereocenters. The summed E-state index contributed by atoms with van der Waals surface area (Å²) in [6, 6.07) is 0. The van der Waals surface area contributed by atoms with Gasteiger partial charge >= 0.3 is 0 Å². The third-order valence-corrected chi connectivity index (χ3v) is 5.94. The maximum absolute atomic E-state index is 12.8. The minimum atomic E-state index is -0.699. The smallest absolute Gasteiger partial charge is 0.245 e. The van der Waals surface area contributed by atoms with Gasteiger partial charge in [0.05, 0.1) is 0 Å². The maximum atomic E-state index is 12.8. The van der Waals surface area contributed by atoms with E-state index in [1.165, 1.54) is 6.42 Å². The summed E-state index contributed by atoms with van der Waals surface area (Å²) in [7, 11) is 0. The molecule has 2 aliphatic carbocycles. The number of nitrogens with two attached hydrogens (primary N) is 1. The molecule has 0 aromatic rings. The van der Waals surface area contributed by atoms with Gasteiger partial charge in [-0.3, -0.25) is 9.59 Å². The second kappa shape index (κ2) is 10.4. The second-order valence-electron chi connectivity index (χ2n) is 7.89. The third-order valence-electron chi connectivity index (χ3n) is 5.94. The van der Waals surface area contributed by atoms with Crippen molar-refractivity contribution in [2.75, 3.05) is 13.1 Å². The molecule has 0 atom stereocenters. The monoisotopic (exact) mass is 373 g/mol. The molecule has 2 amide bonds. The van der Waals surface area contributed by atoms with Gasteiger partial charge in [0.2, 0.25) is 11.8 Å². The van der Waals surface area contributed by atoms with Crippen molar-refractivity contribution in [1.82, 2.24) is 10.6 Å². The van der Waals surface area contributed by atoms with Gasteiger partial charge in [-0.15, -0.1) is 12.4 Å². The third kappa shape index (κ3) is 5.85. The topological polar surface area (TPSA) is 84.2 Å². The summed E-state index contributed by atoms with van der Waals surface area (Å²) >= 11 is 0. The SMILES string of the molecule is CCCNC(=O)C1(NC(=O)CC2(CN)CCCCC2)CCCCC1.Cl. The fourth-order valence-corrected chi connectivity index (χ4v) is 4.38. The first kappa shape index (κ1) is 22.2. The number of carbonyl (C=O) groups is 2. The largest absolute Gasteiger partial charge is 0.354 e. The summed E-state index contributed by atoms with van der Waals surface area (Å²) in [5.41, 5.74) is 5.26. The van der Waals surface area contributed by atoms with Crippen LogP contribution in [0.15, 0.2) is 0 Å². The lowest BCUT2D eigenvalue weighted by Gasteiger charge is -2.39. The van der Waals surface area contributed by atoms with Crippen LogP contribution in [0.1, 0.15) is 84.0 Å². The lowest BCUT2D eigenvalue weighted by Crippen LogP contribution is -2.60. The highest BCUT2D eigenvalue weighted by Crippen LogP contribution is 2.39. The summed E-state index contributed by atoms with van der Waals surface area (Å²) in [5, 5.41) is 6.14. The molecular weight excluding hydrogens is 338 g/mol. The number of halogens is 1. The molecule has 0 spiro atoms. The van der Waals surface area contributed by atoms with Crippen LogP contribution >= 0.6 is 12.4 Å². The van der Waals surface area contributed by atoms with E-state index in [4.69, 9.17) is 5.73 Å². The van der Waals surface area contributed by atoms with Crippen LogP contribution in [-0.2, 0) is 9.59 Å². The number of rotatable bonds is 7. The summed E-state index contributed by atoms with van der Waals surface area (Å²) < 4.78 is 0. The zero-order valence-corrected chi connectivity index (χ0v) is 16.5. The molecule has 0 aromatic heterocycles. The Labute approximate surface area is 158 Å². The highest BCUT2D eigenvalue weighted by atomic mass is 35.5. The highest BCUT2D eigenvalue weighted by Gasteiger charge is 2.42. The Morgan fingerprint density at radius 3 is 2.04 bits per heavy atom.